The average Bonchev–Trinajstić information content (AvgIpc) is 3.10. The Labute approximate surface area is 128 Å². The number of unbranched alkanes of at least 4 members (excludes halogenated alkanes) is 1. The standard InChI is InChI=1S/C16H17N3O3/c1-2-3-6-19-11(9-17)7-13(18)16(19)22-12-4-5-14-15(8-12)21-10-20-14/h4-5,7-8H,2-3,6,10,18H2,1H3. The van der Waals surface area contributed by atoms with Gasteiger partial charge in [0.2, 0.25) is 12.7 Å². The van der Waals surface area contributed by atoms with Gasteiger partial charge in [-0.3, -0.25) is 0 Å². The van der Waals surface area contributed by atoms with Crippen LogP contribution < -0.4 is 19.9 Å². The number of rotatable bonds is 5. The molecule has 1 aliphatic rings. The molecule has 1 aromatic carbocycles. The molecule has 0 bridgehead atoms. The second-order valence-corrected chi connectivity index (χ2v) is 5.02. The number of nitrogen functional groups attached to an aromatic ring is 1. The number of nitriles is 1. The molecule has 0 atom stereocenters. The van der Waals surface area contributed by atoms with E-state index in [1.54, 1.807) is 24.3 Å². The number of ether oxygens (including phenoxy) is 3. The van der Waals surface area contributed by atoms with Crippen molar-refractivity contribution in [2.75, 3.05) is 12.5 Å². The highest BCUT2D eigenvalue weighted by atomic mass is 16.7. The van der Waals surface area contributed by atoms with E-state index in [0.717, 1.165) is 12.8 Å². The number of anilines is 1. The SMILES string of the molecule is CCCCn1c(C#N)cc(N)c1Oc1ccc2c(c1)OCO2. The highest BCUT2D eigenvalue weighted by Crippen LogP contribution is 2.38. The van der Waals surface area contributed by atoms with Gasteiger partial charge in [0.15, 0.2) is 11.5 Å². The van der Waals surface area contributed by atoms with Crippen LogP contribution in [0.15, 0.2) is 24.3 Å². The van der Waals surface area contributed by atoms with Crippen molar-refractivity contribution in [2.24, 2.45) is 0 Å². The predicted molar refractivity (Wildman–Crippen MR) is 81.1 cm³/mol. The Kier molecular flexibility index (Phi) is 3.79. The molecule has 2 N–H and O–H groups in total. The van der Waals surface area contributed by atoms with Crippen LogP contribution in [0, 0.1) is 11.3 Å². The molecule has 22 heavy (non-hydrogen) atoms. The number of hydrogen-bond donors (Lipinski definition) is 1. The third-order valence-corrected chi connectivity index (χ3v) is 3.48. The Bertz CT molecular complexity index is 731. The smallest absolute Gasteiger partial charge is 0.231 e. The lowest BCUT2D eigenvalue weighted by Gasteiger charge is -2.12. The molecule has 6 nitrogen and oxygen atoms in total. The van der Waals surface area contributed by atoms with Crippen LogP contribution in [0.3, 0.4) is 0 Å². The van der Waals surface area contributed by atoms with E-state index in [4.69, 9.17) is 19.9 Å². The van der Waals surface area contributed by atoms with Gasteiger partial charge in [0, 0.05) is 18.7 Å². The van der Waals surface area contributed by atoms with Gasteiger partial charge >= 0.3 is 0 Å². The molecule has 1 aliphatic heterocycles. The molecular formula is C16H17N3O3. The van der Waals surface area contributed by atoms with Crippen LogP contribution in [0.1, 0.15) is 25.5 Å². The molecule has 0 aliphatic carbocycles. The van der Waals surface area contributed by atoms with E-state index < -0.39 is 0 Å². The van der Waals surface area contributed by atoms with Gasteiger partial charge < -0.3 is 24.5 Å². The Morgan fingerprint density at radius 1 is 1.32 bits per heavy atom. The summed E-state index contributed by atoms with van der Waals surface area (Å²) in [7, 11) is 0. The van der Waals surface area contributed by atoms with Gasteiger partial charge in [0.25, 0.3) is 0 Å². The normalized spacial score (nSPS) is 12.2. The van der Waals surface area contributed by atoms with E-state index in [2.05, 4.69) is 13.0 Å². The second kappa shape index (κ2) is 5.90. The van der Waals surface area contributed by atoms with Crippen LogP contribution in [0.5, 0.6) is 23.1 Å². The number of hydrogen-bond acceptors (Lipinski definition) is 5. The van der Waals surface area contributed by atoms with E-state index in [9.17, 15) is 5.26 Å². The molecule has 6 heteroatoms. The Morgan fingerprint density at radius 2 is 2.14 bits per heavy atom. The highest BCUT2D eigenvalue weighted by Gasteiger charge is 2.18. The highest BCUT2D eigenvalue weighted by molar-refractivity contribution is 5.57. The predicted octanol–water partition coefficient (Wildman–Crippen LogP) is 3.26. The maximum absolute atomic E-state index is 9.23. The maximum Gasteiger partial charge on any atom is 0.231 e. The van der Waals surface area contributed by atoms with Crippen LogP contribution in [-0.2, 0) is 6.54 Å². The summed E-state index contributed by atoms with van der Waals surface area (Å²) in [6.07, 6.45) is 1.96. The molecule has 0 saturated carbocycles. The van der Waals surface area contributed by atoms with Crippen molar-refractivity contribution in [1.82, 2.24) is 4.57 Å². The third kappa shape index (κ3) is 2.53. The van der Waals surface area contributed by atoms with Crippen molar-refractivity contribution in [3.05, 3.63) is 30.0 Å². The van der Waals surface area contributed by atoms with E-state index >= 15 is 0 Å². The van der Waals surface area contributed by atoms with E-state index in [1.165, 1.54) is 0 Å². The fraction of sp³-hybridized carbons (Fsp3) is 0.312. The minimum Gasteiger partial charge on any atom is -0.454 e. The minimum atomic E-state index is 0.215. The number of nitrogens with zero attached hydrogens (tertiary/aromatic N) is 2. The first-order valence-corrected chi connectivity index (χ1v) is 7.19. The van der Waals surface area contributed by atoms with Crippen molar-refractivity contribution in [3.8, 4) is 29.2 Å². The first-order valence-electron chi connectivity index (χ1n) is 7.19. The fourth-order valence-corrected chi connectivity index (χ4v) is 2.35. The Morgan fingerprint density at radius 3 is 2.91 bits per heavy atom. The molecule has 1 aromatic heterocycles. The van der Waals surface area contributed by atoms with Gasteiger partial charge in [-0.2, -0.15) is 5.26 Å². The molecule has 0 saturated heterocycles. The van der Waals surface area contributed by atoms with E-state index in [1.807, 2.05) is 4.57 Å². The summed E-state index contributed by atoms with van der Waals surface area (Å²) in [5.41, 5.74) is 6.95. The van der Waals surface area contributed by atoms with Crippen LogP contribution in [0.25, 0.3) is 0 Å². The van der Waals surface area contributed by atoms with Gasteiger partial charge in [-0.25, -0.2) is 0 Å². The van der Waals surface area contributed by atoms with Crippen LogP contribution in [0.4, 0.5) is 5.69 Å². The minimum absolute atomic E-state index is 0.215. The van der Waals surface area contributed by atoms with Crippen molar-refractivity contribution >= 4 is 5.69 Å². The van der Waals surface area contributed by atoms with Crippen molar-refractivity contribution < 1.29 is 14.2 Å². The van der Waals surface area contributed by atoms with Crippen molar-refractivity contribution in [2.45, 2.75) is 26.3 Å². The summed E-state index contributed by atoms with van der Waals surface area (Å²) in [4.78, 5) is 0. The van der Waals surface area contributed by atoms with Gasteiger partial charge in [-0.1, -0.05) is 13.3 Å². The lowest BCUT2D eigenvalue weighted by Crippen LogP contribution is -2.03. The first-order chi connectivity index (χ1) is 10.7. The molecule has 3 rings (SSSR count). The molecule has 0 amide bonds. The van der Waals surface area contributed by atoms with Crippen LogP contribution in [-0.4, -0.2) is 11.4 Å². The quantitative estimate of drug-likeness (QED) is 0.916. The van der Waals surface area contributed by atoms with Crippen LogP contribution >= 0.6 is 0 Å². The summed E-state index contributed by atoms with van der Waals surface area (Å²) >= 11 is 0. The summed E-state index contributed by atoms with van der Waals surface area (Å²) in [6.45, 7) is 3.00. The first kappa shape index (κ1) is 14.1. The van der Waals surface area contributed by atoms with Gasteiger partial charge in [0.1, 0.15) is 17.5 Å². The van der Waals surface area contributed by atoms with Gasteiger partial charge in [-0.15, -0.1) is 0 Å². The second-order valence-electron chi connectivity index (χ2n) is 5.02. The largest absolute Gasteiger partial charge is 0.454 e. The van der Waals surface area contributed by atoms with Crippen molar-refractivity contribution in [1.29, 1.82) is 5.26 Å². The zero-order chi connectivity index (χ0) is 15.5. The summed E-state index contributed by atoms with van der Waals surface area (Å²) in [6, 6.07) is 9.12. The third-order valence-electron chi connectivity index (χ3n) is 3.48. The molecule has 2 heterocycles. The number of fused-ring (bicyclic) bond motifs is 1. The Hall–Kier alpha value is -2.81. The number of nitrogens with two attached hydrogens (primary N) is 1. The zero-order valence-electron chi connectivity index (χ0n) is 12.3. The lowest BCUT2D eigenvalue weighted by molar-refractivity contribution is 0.174. The fourth-order valence-electron chi connectivity index (χ4n) is 2.35. The molecule has 2 aromatic rings. The maximum atomic E-state index is 9.23. The molecule has 0 fully saturated rings. The summed E-state index contributed by atoms with van der Waals surface area (Å²) < 4.78 is 18.3. The molecule has 0 radical (unpaired) electrons. The molecular weight excluding hydrogens is 282 g/mol. The molecule has 0 spiro atoms. The van der Waals surface area contributed by atoms with Gasteiger partial charge in [0.05, 0.1) is 5.69 Å². The van der Waals surface area contributed by atoms with Gasteiger partial charge in [-0.05, 0) is 18.6 Å². The molecule has 0 unspecified atom stereocenters. The van der Waals surface area contributed by atoms with Crippen LogP contribution in [0.2, 0.25) is 0 Å². The summed E-state index contributed by atoms with van der Waals surface area (Å²) in [5.74, 6) is 2.42. The van der Waals surface area contributed by atoms with E-state index in [-0.39, 0.29) is 6.79 Å². The van der Waals surface area contributed by atoms with E-state index in [0.29, 0.717) is 41.1 Å². The molecule has 114 valence electrons. The number of aromatic nitrogens is 1. The average molecular weight is 299 g/mol. The lowest BCUT2D eigenvalue weighted by atomic mass is 10.3. The Balaban J connectivity index is 1.91. The monoisotopic (exact) mass is 299 g/mol. The zero-order valence-corrected chi connectivity index (χ0v) is 12.3. The number of benzene rings is 1. The topological polar surface area (TPSA) is 82.4 Å². The summed E-state index contributed by atoms with van der Waals surface area (Å²) in [5, 5.41) is 9.23. The van der Waals surface area contributed by atoms with Crippen molar-refractivity contribution in [3.63, 3.8) is 0 Å².